The Kier molecular flexibility index (Phi) is 4.82. The fourth-order valence-corrected chi connectivity index (χ4v) is 2.88. The largest absolute Gasteiger partial charge is 0.456 e. The molecule has 0 aliphatic heterocycles. The first-order valence-electron chi connectivity index (χ1n) is 7.27. The predicted molar refractivity (Wildman–Crippen MR) is 84.3 cm³/mol. The van der Waals surface area contributed by atoms with Gasteiger partial charge in [-0.3, -0.25) is 4.98 Å². The summed E-state index contributed by atoms with van der Waals surface area (Å²) in [5, 5.41) is 3.41. The van der Waals surface area contributed by atoms with E-state index < -0.39 is 11.1 Å². The van der Waals surface area contributed by atoms with Gasteiger partial charge in [-0.1, -0.05) is 6.42 Å². The maximum absolute atomic E-state index is 11.5. The molecule has 0 spiro atoms. The third kappa shape index (κ3) is 3.71. The minimum absolute atomic E-state index is 0.422. The summed E-state index contributed by atoms with van der Waals surface area (Å²) in [7, 11) is 0. The minimum atomic E-state index is -2.00. The van der Waals surface area contributed by atoms with Crippen LogP contribution in [0.15, 0.2) is 47.6 Å². The molecule has 1 aliphatic carbocycles. The molecule has 0 amide bonds. The van der Waals surface area contributed by atoms with Crippen molar-refractivity contribution in [3.05, 3.63) is 48.3 Å². The Hall–Kier alpha value is -1.76. The summed E-state index contributed by atoms with van der Waals surface area (Å²) in [6.07, 6.45) is 6.90. The van der Waals surface area contributed by atoms with Gasteiger partial charge in [0, 0.05) is 18.8 Å². The van der Waals surface area contributed by atoms with Gasteiger partial charge in [0.15, 0.2) is 11.1 Å². The van der Waals surface area contributed by atoms with Crippen molar-refractivity contribution in [2.24, 2.45) is 0 Å². The van der Waals surface area contributed by atoms with Gasteiger partial charge in [0.05, 0.1) is 11.1 Å². The van der Waals surface area contributed by atoms with Gasteiger partial charge in [-0.05, 0) is 48.7 Å². The first-order chi connectivity index (χ1) is 10.7. The number of rotatable bonds is 6. The number of nitrogens with zero attached hydrogens (tertiary/aromatic N) is 1. The molecule has 1 aliphatic rings. The lowest BCUT2D eigenvalue weighted by Crippen LogP contribution is -2.34. The molecule has 1 heterocycles. The minimum Gasteiger partial charge on any atom is -0.456 e. The normalized spacial score (nSPS) is 16.0. The number of benzene rings is 1. The zero-order chi connectivity index (χ0) is 15.4. The highest BCUT2D eigenvalue weighted by Crippen LogP contribution is 2.26. The second kappa shape index (κ2) is 7.00. The Morgan fingerprint density at radius 1 is 1.32 bits per heavy atom. The van der Waals surface area contributed by atoms with Gasteiger partial charge in [-0.15, -0.1) is 0 Å². The van der Waals surface area contributed by atoms with Crippen molar-refractivity contribution in [1.82, 2.24) is 10.3 Å². The molecule has 1 saturated carbocycles. The van der Waals surface area contributed by atoms with E-state index in [0.717, 1.165) is 5.56 Å². The summed E-state index contributed by atoms with van der Waals surface area (Å²) in [5.74, 6) is 1.27. The molecule has 1 fully saturated rings. The van der Waals surface area contributed by atoms with Crippen LogP contribution >= 0.6 is 0 Å². The van der Waals surface area contributed by atoms with Crippen LogP contribution in [-0.2, 0) is 17.6 Å². The average Bonchev–Trinajstić information content (AvgIpc) is 2.46. The number of hydrogen-bond donors (Lipinski definition) is 2. The van der Waals surface area contributed by atoms with Gasteiger partial charge < -0.3 is 14.6 Å². The van der Waals surface area contributed by atoms with E-state index in [4.69, 9.17) is 4.74 Å². The fraction of sp³-hybridized carbons (Fsp3) is 0.312. The fourth-order valence-electron chi connectivity index (χ4n) is 2.34. The van der Waals surface area contributed by atoms with Crippen molar-refractivity contribution < 1.29 is 13.5 Å². The van der Waals surface area contributed by atoms with Crippen LogP contribution < -0.4 is 10.1 Å². The molecule has 6 heteroatoms. The van der Waals surface area contributed by atoms with Gasteiger partial charge in [-0.2, -0.15) is 0 Å². The van der Waals surface area contributed by atoms with Gasteiger partial charge in [0.1, 0.15) is 11.5 Å². The summed E-state index contributed by atoms with van der Waals surface area (Å²) in [6, 6.07) is 9.27. The van der Waals surface area contributed by atoms with Crippen molar-refractivity contribution in [2.75, 3.05) is 0 Å². The van der Waals surface area contributed by atoms with E-state index in [0.29, 0.717) is 29.0 Å². The lowest BCUT2D eigenvalue weighted by atomic mass is 9.93. The molecule has 3 rings (SSSR count). The van der Waals surface area contributed by atoms with E-state index in [1.165, 1.54) is 19.3 Å². The van der Waals surface area contributed by atoms with Gasteiger partial charge in [0.25, 0.3) is 0 Å². The van der Waals surface area contributed by atoms with Crippen LogP contribution in [0.25, 0.3) is 0 Å². The van der Waals surface area contributed by atoms with E-state index in [2.05, 4.69) is 10.3 Å². The molecule has 1 aromatic heterocycles. The van der Waals surface area contributed by atoms with Crippen LogP contribution in [0, 0.1) is 0 Å². The van der Waals surface area contributed by atoms with Gasteiger partial charge >= 0.3 is 0 Å². The monoisotopic (exact) mass is 318 g/mol. The van der Waals surface area contributed by atoms with Crippen LogP contribution in [-0.4, -0.2) is 19.8 Å². The van der Waals surface area contributed by atoms with Crippen molar-refractivity contribution in [2.45, 2.75) is 36.7 Å². The third-order valence-corrected chi connectivity index (χ3v) is 4.55. The predicted octanol–water partition coefficient (Wildman–Crippen LogP) is 3.10. The molecule has 1 unspecified atom stereocenters. The van der Waals surface area contributed by atoms with Crippen molar-refractivity contribution in [3.63, 3.8) is 0 Å². The van der Waals surface area contributed by atoms with E-state index in [-0.39, 0.29) is 0 Å². The standard InChI is InChI=1S/C16H18N2O3S/c19-22(20)16-7-6-14(21-15-5-2-8-17-11-15)9-12(16)10-18-13-3-1-4-13/h2,5-9,11,13,18H,1,3-4,10H2,(H,19,20). The molecule has 2 aromatic rings. The van der Waals surface area contributed by atoms with Crippen molar-refractivity contribution in [3.8, 4) is 11.5 Å². The zero-order valence-corrected chi connectivity index (χ0v) is 12.9. The first kappa shape index (κ1) is 15.1. The molecule has 5 nitrogen and oxygen atoms in total. The molecule has 0 bridgehead atoms. The Balaban J connectivity index is 1.77. The lowest BCUT2D eigenvalue weighted by Gasteiger charge is -2.27. The maximum Gasteiger partial charge on any atom is 0.186 e. The summed E-state index contributed by atoms with van der Waals surface area (Å²) >= 11 is -2.00. The van der Waals surface area contributed by atoms with Crippen LogP contribution in [0.3, 0.4) is 0 Å². The first-order valence-corrected chi connectivity index (χ1v) is 8.38. The number of ether oxygens (including phenoxy) is 1. The molecular weight excluding hydrogens is 300 g/mol. The molecule has 1 atom stereocenters. The topological polar surface area (TPSA) is 71.5 Å². The summed E-state index contributed by atoms with van der Waals surface area (Å²) in [4.78, 5) is 4.42. The van der Waals surface area contributed by atoms with Crippen LogP contribution in [0.4, 0.5) is 0 Å². The Labute approximate surface area is 132 Å². The van der Waals surface area contributed by atoms with E-state index in [1.54, 1.807) is 30.6 Å². The molecule has 116 valence electrons. The average molecular weight is 318 g/mol. The van der Waals surface area contributed by atoms with E-state index in [9.17, 15) is 8.76 Å². The maximum atomic E-state index is 11.5. The third-order valence-electron chi connectivity index (χ3n) is 3.78. The van der Waals surface area contributed by atoms with Crippen molar-refractivity contribution >= 4 is 11.1 Å². The SMILES string of the molecule is O=S(O)c1ccc(Oc2cccnc2)cc1CNC1CCC1. The van der Waals surface area contributed by atoms with E-state index in [1.807, 2.05) is 12.1 Å². The Morgan fingerprint density at radius 3 is 2.82 bits per heavy atom. The molecule has 1 aromatic carbocycles. The summed E-state index contributed by atoms with van der Waals surface area (Å²) in [5.41, 5.74) is 0.786. The quantitative estimate of drug-likeness (QED) is 0.801. The highest BCUT2D eigenvalue weighted by molar-refractivity contribution is 7.79. The second-order valence-corrected chi connectivity index (χ2v) is 6.26. The Bertz CT molecular complexity index is 660. The number of nitrogens with one attached hydrogen (secondary N) is 1. The summed E-state index contributed by atoms with van der Waals surface area (Å²) < 4.78 is 26.6. The highest BCUT2D eigenvalue weighted by atomic mass is 32.2. The number of pyridine rings is 1. The second-order valence-electron chi connectivity index (χ2n) is 5.32. The van der Waals surface area contributed by atoms with E-state index >= 15 is 0 Å². The van der Waals surface area contributed by atoms with Gasteiger partial charge in [0.2, 0.25) is 0 Å². The molecular formula is C16H18N2O3S. The molecule has 0 saturated heterocycles. The number of aromatic nitrogens is 1. The van der Waals surface area contributed by atoms with Crippen LogP contribution in [0.1, 0.15) is 24.8 Å². The molecule has 0 radical (unpaired) electrons. The Morgan fingerprint density at radius 2 is 2.18 bits per heavy atom. The van der Waals surface area contributed by atoms with Gasteiger partial charge in [-0.25, -0.2) is 4.21 Å². The smallest absolute Gasteiger partial charge is 0.186 e. The van der Waals surface area contributed by atoms with Crippen molar-refractivity contribution in [1.29, 1.82) is 0 Å². The molecule has 22 heavy (non-hydrogen) atoms. The zero-order valence-electron chi connectivity index (χ0n) is 12.1. The molecule has 2 N–H and O–H groups in total. The lowest BCUT2D eigenvalue weighted by molar-refractivity contribution is 0.337. The number of hydrogen-bond acceptors (Lipinski definition) is 4. The van der Waals surface area contributed by atoms with Crippen LogP contribution in [0.2, 0.25) is 0 Å². The highest BCUT2D eigenvalue weighted by Gasteiger charge is 2.18. The summed E-state index contributed by atoms with van der Waals surface area (Å²) in [6.45, 7) is 0.566. The van der Waals surface area contributed by atoms with Crippen LogP contribution in [0.5, 0.6) is 11.5 Å².